The Bertz CT molecular complexity index is 463. The molecule has 0 heterocycles. The summed E-state index contributed by atoms with van der Waals surface area (Å²) < 4.78 is 13.4. The van der Waals surface area contributed by atoms with Crippen LogP contribution in [0.25, 0.3) is 0 Å². The molecule has 0 aliphatic rings. The van der Waals surface area contributed by atoms with Crippen LogP contribution >= 0.6 is 11.8 Å². The molecular formula is C15H23FN2O2S. The lowest BCUT2D eigenvalue weighted by Crippen LogP contribution is -2.45. The van der Waals surface area contributed by atoms with Crippen LogP contribution in [0.1, 0.15) is 19.4 Å². The quantitative estimate of drug-likeness (QED) is 0.760. The van der Waals surface area contributed by atoms with Crippen molar-refractivity contribution in [3.8, 4) is 0 Å². The van der Waals surface area contributed by atoms with Gasteiger partial charge in [-0.25, -0.2) is 9.18 Å². The number of hydrogen-bond acceptors (Lipinski definition) is 3. The third-order valence-electron chi connectivity index (χ3n) is 2.71. The van der Waals surface area contributed by atoms with E-state index < -0.39 is 5.60 Å². The number of thioether (sulfide) groups is 1. The molecule has 0 aliphatic heterocycles. The zero-order valence-electron chi connectivity index (χ0n) is 12.7. The first-order valence-corrected chi connectivity index (χ1v) is 7.97. The van der Waals surface area contributed by atoms with Crippen molar-refractivity contribution in [2.24, 2.45) is 0 Å². The Morgan fingerprint density at radius 1 is 1.43 bits per heavy atom. The number of carbonyl (C=O) groups excluding carboxylic acids is 1. The number of likely N-dealkylation sites (N-methyl/N-ethyl adjacent to an activating group) is 1. The molecule has 0 fully saturated rings. The van der Waals surface area contributed by atoms with E-state index in [0.29, 0.717) is 23.6 Å². The summed E-state index contributed by atoms with van der Waals surface area (Å²) in [6.07, 6.45) is 0. The minimum Gasteiger partial charge on any atom is -0.389 e. The summed E-state index contributed by atoms with van der Waals surface area (Å²) in [5.74, 6) is 1.09. The van der Waals surface area contributed by atoms with Crippen LogP contribution in [0.3, 0.4) is 0 Å². The number of benzene rings is 1. The molecule has 1 aromatic carbocycles. The molecule has 0 saturated heterocycles. The second-order valence-electron chi connectivity index (χ2n) is 5.54. The van der Waals surface area contributed by atoms with E-state index in [0.717, 1.165) is 0 Å². The van der Waals surface area contributed by atoms with Crippen LogP contribution in [0.15, 0.2) is 24.3 Å². The van der Waals surface area contributed by atoms with Crippen molar-refractivity contribution in [3.63, 3.8) is 0 Å². The van der Waals surface area contributed by atoms with E-state index in [2.05, 4.69) is 5.32 Å². The second kappa shape index (κ2) is 8.24. The van der Waals surface area contributed by atoms with Crippen LogP contribution in [0, 0.1) is 5.82 Å². The van der Waals surface area contributed by atoms with E-state index in [1.807, 2.05) is 6.07 Å². The molecule has 0 bridgehead atoms. The van der Waals surface area contributed by atoms with Crippen LogP contribution < -0.4 is 5.32 Å². The highest BCUT2D eigenvalue weighted by atomic mass is 32.2. The number of rotatable bonds is 7. The van der Waals surface area contributed by atoms with Gasteiger partial charge in [-0.2, -0.15) is 11.8 Å². The molecular weight excluding hydrogens is 291 g/mol. The Morgan fingerprint density at radius 2 is 2.10 bits per heavy atom. The molecule has 0 atom stereocenters. The lowest BCUT2D eigenvalue weighted by molar-refractivity contribution is 0.0533. The highest BCUT2D eigenvalue weighted by molar-refractivity contribution is 7.98. The molecule has 21 heavy (non-hydrogen) atoms. The zero-order chi connectivity index (χ0) is 15.9. The van der Waals surface area contributed by atoms with Crippen molar-refractivity contribution in [2.45, 2.75) is 25.2 Å². The fraction of sp³-hybridized carbons (Fsp3) is 0.533. The van der Waals surface area contributed by atoms with Gasteiger partial charge in [0, 0.05) is 25.1 Å². The van der Waals surface area contributed by atoms with Crippen LogP contribution in [-0.4, -0.2) is 47.5 Å². The van der Waals surface area contributed by atoms with E-state index in [4.69, 9.17) is 0 Å². The Labute approximate surface area is 129 Å². The molecule has 4 nitrogen and oxygen atoms in total. The van der Waals surface area contributed by atoms with Crippen LogP contribution in [0.5, 0.6) is 0 Å². The predicted octanol–water partition coefficient (Wildman–Crippen LogP) is 2.47. The molecule has 0 saturated carbocycles. The number of urea groups is 1. The van der Waals surface area contributed by atoms with Crippen LogP contribution in [-0.2, 0) is 5.75 Å². The fourth-order valence-corrected chi connectivity index (χ4v) is 2.66. The normalized spacial score (nSPS) is 11.3. The molecule has 0 spiro atoms. The van der Waals surface area contributed by atoms with Gasteiger partial charge in [0.25, 0.3) is 0 Å². The lowest BCUT2D eigenvalue weighted by Gasteiger charge is -2.25. The van der Waals surface area contributed by atoms with Crippen molar-refractivity contribution >= 4 is 17.8 Å². The molecule has 6 heteroatoms. The number of halogens is 1. The van der Waals surface area contributed by atoms with Gasteiger partial charge >= 0.3 is 6.03 Å². The average molecular weight is 314 g/mol. The van der Waals surface area contributed by atoms with E-state index in [9.17, 15) is 14.3 Å². The van der Waals surface area contributed by atoms with Crippen LogP contribution in [0.2, 0.25) is 0 Å². The third kappa shape index (κ3) is 7.34. The van der Waals surface area contributed by atoms with Crippen LogP contribution in [0.4, 0.5) is 9.18 Å². The first kappa shape index (κ1) is 17.8. The lowest BCUT2D eigenvalue weighted by atomic mass is 10.1. The summed E-state index contributed by atoms with van der Waals surface area (Å²) in [6.45, 7) is 4.08. The van der Waals surface area contributed by atoms with Gasteiger partial charge in [0.1, 0.15) is 5.82 Å². The van der Waals surface area contributed by atoms with Crippen molar-refractivity contribution < 1.29 is 14.3 Å². The minimum atomic E-state index is -0.911. The van der Waals surface area contributed by atoms with Gasteiger partial charge in [0.15, 0.2) is 0 Å². The molecule has 0 unspecified atom stereocenters. The topological polar surface area (TPSA) is 52.6 Å². The van der Waals surface area contributed by atoms with E-state index in [1.165, 1.54) is 11.0 Å². The zero-order valence-corrected chi connectivity index (χ0v) is 13.5. The summed E-state index contributed by atoms with van der Waals surface area (Å²) in [5.41, 5.74) is -0.237. The summed E-state index contributed by atoms with van der Waals surface area (Å²) in [6, 6.07) is 6.47. The summed E-state index contributed by atoms with van der Waals surface area (Å²) in [4.78, 5) is 13.2. The fourth-order valence-electron chi connectivity index (χ4n) is 1.81. The molecule has 1 aromatic rings. The van der Waals surface area contributed by atoms with Crippen molar-refractivity contribution in [2.75, 3.05) is 25.9 Å². The summed E-state index contributed by atoms with van der Waals surface area (Å²) >= 11 is 1.56. The SMILES string of the molecule is CN(CC(C)(C)O)C(=O)NCCSCc1ccccc1F. The number of nitrogens with zero attached hydrogens (tertiary/aromatic N) is 1. The Balaban J connectivity index is 2.19. The third-order valence-corrected chi connectivity index (χ3v) is 3.72. The molecule has 0 aliphatic carbocycles. The molecule has 0 radical (unpaired) electrons. The van der Waals surface area contributed by atoms with Gasteiger partial charge in [-0.1, -0.05) is 18.2 Å². The van der Waals surface area contributed by atoms with Gasteiger partial charge < -0.3 is 15.3 Å². The molecule has 118 valence electrons. The first-order chi connectivity index (χ1) is 9.79. The maximum atomic E-state index is 13.4. The highest BCUT2D eigenvalue weighted by Gasteiger charge is 2.18. The van der Waals surface area contributed by atoms with Gasteiger partial charge in [0.2, 0.25) is 0 Å². The van der Waals surface area contributed by atoms with Gasteiger partial charge in [-0.05, 0) is 25.5 Å². The van der Waals surface area contributed by atoms with Crippen molar-refractivity contribution in [1.29, 1.82) is 0 Å². The van der Waals surface area contributed by atoms with Gasteiger partial charge in [0.05, 0.1) is 12.1 Å². The Kier molecular flexibility index (Phi) is 6.98. The number of amides is 2. The number of nitrogens with one attached hydrogen (secondary N) is 1. The summed E-state index contributed by atoms with van der Waals surface area (Å²) in [7, 11) is 1.64. The standard InChI is InChI=1S/C15H23FN2O2S/c1-15(2,20)11-18(3)14(19)17-8-9-21-10-12-6-4-5-7-13(12)16/h4-7,20H,8-11H2,1-3H3,(H,17,19). The molecule has 1 rings (SSSR count). The molecule has 2 amide bonds. The second-order valence-corrected chi connectivity index (χ2v) is 6.65. The largest absolute Gasteiger partial charge is 0.389 e. The van der Waals surface area contributed by atoms with Gasteiger partial charge in [-0.15, -0.1) is 0 Å². The number of carbonyl (C=O) groups is 1. The van der Waals surface area contributed by atoms with Crippen molar-refractivity contribution in [3.05, 3.63) is 35.6 Å². The molecule has 2 N–H and O–H groups in total. The number of hydrogen-bond donors (Lipinski definition) is 2. The highest BCUT2D eigenvalue weighted by Crippen LogP contribution is 2.14. The molecule has 0 aromatic heterocycles. The first-order valence-electron chi connectivity index (χ1n) is 6.82. The van der Waals surface area contributed by atoms with Gasteiger partial charge in [-0.3, -0.25) is 0 Å². The average Bonchev–Trinajstić information content (AvgIpc) is 2.38. The monoisotopic (exact) mass is 314 g/mol. The summed E-state index contributed by atoms with van der Waals surface area (Å²) in [5, 5.41) is 12.4. The maximum absolute atomic E-state index is 13.4. The smallest absolute Gasteiger partial charge is 0.317 e. The van der Waals surface area contributed by atoms with E-state index in [-0.39, 0.29) is 18.4 Å². The van der Waals surface area contributed by atoms with E-state index >= 15 is 0 Å². The Morgan fingerprint density at radius 3 is 2.71 bits per heavy atom. The number of aliphatic hydroxyl groups is 1. The minimum absolute atomic E-state index is 0.195. The van der Waals surface area contributed by atoms with Crippen molar-refractivity contribution in [1.82, 2.24) is 10.2 Å². The predicted molar refractivity (Wildman–Crippen MR) is 84.9 cm³/mol. The Hall–Kier alpha value is -1.27. The van der Waals surface area contributed by atoms with E-state index in [1.54, 1.807) is 44.8 Å². The maximum Gasteiger partial charge on any atom is 0.317 e.